The van der Waals surface area contributed by atoms with Crippen molar-refractivity contribution in [3.8, 4) is 0 Å². The minimum absolute atomic E-state index is 0.0469. The van der Waals surface area contributed by atoms with Crippen LogP contribution in [-0.4, -0.2) is 15.6 Å². The summed E-state index contributed by atoms with van der Waals surface area (Å²) in [7, 11) is 0. The minimum Gasteiger partial charge on any atom is -0.261 e. The molecular weight excluding hydrogens is 244 g/mol. The van der Waals surface area contributed by atoms with Gasteiger partial charge in [0, 0.05) is 6.07 Å². The van der Waals surface area contributed by atoms with Crippen LogP contribution in [0.5, 0.6) is 0 Å². The maximum absolute atomic E-state index is 10.5. The lowest BCUT2D eigenvalue weighted by molar-refractivity contribution is -0.385. The number of anilines is 1. The first-order chi connectivity index (χ1) is 9.16. The van der Waals surface area contributed by atoms with E-state index in [0.29, 0.717) is 5.82 Å². The number of aromatic nitrogens is 1. The largest absolute Gasteiger partial charge is 0.287 e. The van der Waals surface area contributed by atoms with Crippen LogP contribution < -0.4 is 5.43 Å². The number of benzene rings is 1. The van der Waals surface area contributed by atoms with E-state index in [-0.39, 0.29) is 5.69 Å². The van der Waals surface area contributed by atoms with Gasteiger partial charge in [-0.2, -0.15) is 5.10 Å². The highest BCUT2D eigenvalue weighted by Crippen LogP contribution is 2.12. The molecule has 0 radical (unpaired) electrons. The molecule has 2 rings (SSSR count). The van der Waals surface area contributed by atoms with Crippen molar-refractivity contribution in [1.82, 2.24) is 4.98 Å². The van der Waals surface area contributed by atoms with Gasteiger partial charge in [0.05, 0.1) is 10.6 Å². The van der Waals surface area contributed by atoms with Gasteiger partial charge in [0.2, 0.25) is 0 Å². The molecule has 19 heavy (non-hydrogen) atoms. The molecule has 96 valence electrons. The fraction of sp³-hybridized carbons (Fsp3) is 0.0769. The van der Waals surface area contributed by atoms with Crippen LogP contribution in [0.1, 0.15) is 12.5 Å². The van der Waals surface area contributed by atoms with E-state index < -0.39 is 4.92 Å². The van der Waals surface area contributed by atoms with Crippen molar-refractivity contribution in [1.29, 1.82) is 0 Å². The third-order valence-electron chi connectivity index (χ3n) is 2.49. The molecular formula is C13H12N4O2. The van der Waals surface area contributed by atoms with Gasteiger partial charge in [0.25, 0.3) is 5.69 Å². The van der Waals surface area contributed by atoms with E-state index in [1.54, 1.807) is 0 Å². The summed E-state index contributed by atoms with van der Waals surface area (Å²) in [5.74, 6) is 0.459. The van der Waals surface area contributed by atoms with Gasteiger partial charge in [-0.05, 0) is 18.6 Å². The van der Waals surface area contributed by atoms with Crippen molar-refractivity contribution in [2.45, 2.75) is 6.92 Å². The number of nitrogens with zero attached hydrogens (tertiary/aromatic N) is 3. The topological polar surface area (TPSA) is 80.4 Å². The monoisotopic (exact) mass is 256 g/mol. The van der Waals surface area contributed by atoms with Crippen molar-refractivity contribution in [2.24, 2.45) is 5.10 Å². The zero-order valence-corrected chi connectivity index (χ0v) is 10.3. The normalized spacial score (nSPS) is 11.1. The molecule has 0 bridgehead atoms. The fourth-order valence-electron chi connectivity index (χ4n) is 1.45. The first kappa shape index (κ1) is 12.7. The van der Waals surface area contributed by atoms with Crippen LogP contribution in [0.25, 0.3) is 0 Å². The molecule has 1 N–H and O–H groups in total. The second kappa shape index (κ2) is 5.72. The van der Waals surface area contributed by atoms with Crippen LogP contribution in [0.2, 0.25) is 0 Å². The van der Waals surface area contributed by atoms with Crippen LogP contribution in [0.3, 0.4) is 0 Å². The second-order valence-electron chi connectivity index (χ2n) is 3.83. The number of hydrazone groups is 1. The van der Waals surface area contributed by atoms with E-state index in [2.05, 4.69) is 15.5 Å². The van der Waals surface area contributed by atoms with Crippen LogP contribution in [0, 0.1) is 10.1 Å². The summed E-state index contributed by atoms with van der Waals surface area (Å²) in [5, 5.41) is 14.7. The standard InChI is InChI=1S/C13H12N4O2/c1-10(11-5-3-2-4-6-11)15-16-13-8-7-12(9-14-13)17(18)19/h2-9H,1H3,(H,14,16). The maximum atomic E-state index is 10.5. The Balaban J connectivity index is 2.08. The van der Waals surface area contributed by atoms with Gasteiger partial charge < -0.3 is 0 Å². The van der Waals surface area contributed by atoms with E-state index in [9.17, 15) is 10.1 Å². The lowest BCUT2D eigenvalue weighted by atomic mass is 10.1. The van der Waals surface area contributed by atoms with E-state index in [4.69, 9.17) is 0 Å². The van der Waals surface area contributed by atoms with Crippen molar-refractivity contribution < 1.29 is 4.92 Å². The van der Waals surface area contributed by atoms with Crippen LogP contribution in [-0.2, 0) is 0 Å². The number of hydrogen-bond acceptors (Lipinski definition) is 5. The number of nitro groups is 1. The quantitative estimate of drug-likeness (QED) is 0.518. The van der Waals surface area contributed by atoms with Gasteiger partial charge in [0.1, 0.15) is 12.0 Å². The first-order valence-corrected chi connectivity index (χ1v) is 5.63. The van der Waals surface area contributed by atoms with Crippen molar-refractivity contribution in [2.75, 3.05) is 5.43 Å². The Morgan fingerprint density at radius 1 is 1.26 bits per heavy atom. The van der Waals surface area contributed by atoms with Gasteiger partial charge in [-0.1, -0.05) is 30.3 Å². The molecule has 0 atom stereocenters. The molecule has 0 amide bonds. The summed E-state index contributed by atoms with van der Waals surface area (Å²) >= 11 is 0. The molecule has 0 aliphatic heterocycles. The van der Waals surface area contributed by atoms with Crippen molar-refractivity contribution in [3.63, 3.8) is 0 Å². The second-order valence-corrected chi connectivity index (χ2v) is 3.83. The Kier molecular flexibility index (Phi) is 3.82. The number of hydrogen-bond donors (Lipinski definition) is 1. The zero-order chi connectivity index (χ0) is 13.7. The van der Waals surface area contributed by atoms with Gasteiger partial charge in [-0.15, -0.1) is 0 Å². The molecule has 0 fully saturated rings. The van der Waals surface area contributed by atoms with E-state index >= 15 is 0 Å². The molecule has 0 saturated carbocycles. The highest BCUT2D eigenvalue weighted by molar-refractivity contribution is 5.98. The predicted octanol–water partition coefficient (Wildman–Crippen LogP) is 2.83. The zero-order valence-electron chi connectivity index (χ0n) is 10.3. The summed E-state index contributed by atoms with van der Waals surface area (Å²) in [6.45, 7) is 1.87. The summed E-state index contributed by atoms with van der Waals surface area (Å²) < 4.78 is 0. The van der Waals surface area contributed by atoms with Gasteiger partial charge in [-0.25, -0.2) is 4.98 Å². The molecule has 1 heterocycles. The first-order valence-electron chi connectivity index (χ1n) is 5.63. The third kappa shape index (κ3) is 3.35. The molecule has 0 saturated heterocycles. The number of nitrogens with one attached hydrogen (secondary N) is 1. The van der Waals surface area contributed by atoms with Crippen LogP contribution >= 0.6 is 0 Å². The molecule has 6 nitrogen and oxygen atoms in total. The molecule has 2 aromatic rings. The number of pyridine rings is 1. The maximum Gasteiger partial charge on any atom is 0.287 e. The summed E-state index contributed by atoms with van der Waals surface area (Å²) in [4.78, 5) is 13.9. The molecule has 0 aliphatic carbocycles. The molecule has 6 heteroatoms. The minimum atomic E-state index is -0.491. The SMILES string of the molecule is CC(=NNc1ccc([N+](=O)[O-])cn1)c1ccccc1. The Morgan fingerprint density at radius 3 is 2.58 bits per heavy atom. The van der Waals surface area contributed by atoms with E-state index in [1.807, 2.05) is 37.3 Å². The third-order valence-corrected chi connectivity index (χ3v) is 2.49. The van der Waals surface area contributed by atoms with E-state index in [0.717, 1.165) is 11.3 Å². The Hall–Kier alpha value is -2.76. The molecule has 1 aromatic heterocycles. The summed E-state index contributed by atoms with van der Waals surface area (Å²) in [6, 6.07) is 12.6. The summed E-state index contributed by atoms with van der Waals surface area (Å²) in [6.07, 6.45) is 1.19. The van der Waals surface area contributed by atoms with Gasteiger partial charge >= 0.3 is 0 Å². The Morgan fingerprint density at radius 2 is 2.00 bits per heavy atom. The highest BCUT2D eigenvalue weighted by atomic mass is 16.6. The molecule has 1 aromatic carbocycles. The lowest BCUT2D eigenvalue weighted by Gasteiger charge is -2.02. The smallest absolute Gasteiger partial charge is 0.261 e. The van der Waals surface area contributed by atoms with Crippen molar-refractivity contribution >= 4 is 17.2 Å². The fourth-order valence-corrected chi connectivity index (χ4v) is 1.45. The highest BCUT2D eigenvalue weighted by Gasteiger charge is 2.04. The Bertz CT molecular complexity index is 594. The van der Waals surface area contributed by atoms with Crippen LogP contribution in [0.15, 0.2) is 53.8 Å². The predicted molar refractivity (Wildman–Crippen MR) is 73.2 cm³/mol. The van der Waals surface area contributed by atoms with E-state index in [1.165, 1.54) is 18.3 Å². The summed E-state index contributed by atoms with van der Waals surface area (Å²) in [5.41, 5.74) is 4.52. The van der Waals surface area contributed by atoms with Crippen molar-refractivity contribution in [3.05, 3.63) is 64.3 Å². The lowest BCUT2D eigenvalue weighted by Crippen LogP contribution is -2.00. The van der Waals surface area contributed by atoms with Crippen LogP contribution in [0.4, 0.5) is 11.5 Å². The molecule has 0 spiro atoms. The molecule has 0 aliphatic rings. The Labute approximate surface area is 110 Å². The number of rotatable bonds is 4. The average Bonchev–Trinajstić information content (AvgIpc) is 2.46. The molecule has 0 unspecified atom stereocenters. The average molecular weight is 256 g/mol. The van der Waals surface area contributed by atoms with Gasteiger partial charge in [-0.3, -0.25) is 15.5 Å². The van der Waals surface area contributed by atoms with Gasteiger partial charge in [0.15, 0.2) is 0 Å².